The van der Waals surface area contributed by atoms with E-state index < -0.39 is 17.9 Å². The van der Waals surface area contributed by atoms with Crippen molar-refractivity contribution >= 4 is 22.8 Å². The molecule has 1 aromatic carbocycles. The second-order valence-electron chi connectivity index (χ2n) is 7.61. The zero-order valence-electron chi connectivity index (χ0n) is 16.3. The zero-order valence-corrected chi connectivity index (χ0v) is 16.3. The van der Waals surface area contributed by atoms with Crippen LogP contribution in [0.3, 0.4) is 0 Å². The van der Waals surface area contributed by atoms with Crippen molar-refractivity contribution in [3.05, 3.63) is 39.2 Å². The summed E-state index contributed by atoms with van der Waals surface area (Å²) in [6.07, 6.45) is 3.36. The van der Waals surface area contributed by atoms with Crippen LogP contribution in [0.1, 0.15) is 43.4 Å². The number of ether oxygens (including phenoxy) is 1. The summed E-state index contributed by atoms with van der Waals surface area (Å²) < 4.78 is 11.3. The van der Waals surface area contributed by atoms with Crippen LogP contribution in [0, 0.1) is 12.8 Å². The van der Waals surface area contributed by atoms with E-state index in [1.807, 2.05) is 13.0 Å². The lowest BCUT2D eigenvalue weighted by Crippen LogP contribution is -2.46. The van der Waals surface area contributed by atoms with Crippen LogP contribution in [0.25, 0.3) is 11.0 Å². The molecule has 28 heavy (non-hydrogen) atoms. The van der Waals surface area contributed by atoms with E-state index in [1.54, 1.807) is 19.9 Å². The number of carbonyl (C=O) groups is 2. The van der Waals surface area contributed by atoms with E-state index in [1.165, 1.54) is 0 Å². The highest BCUT2D eigenvalue weighted by Crippen LogP contribution is 2.34. The molecule has 1 amide bonds. The van der Waals surface area contributed by atoms with Crippen LogP contribution in [0.15, 0.2) is 21.3 Å². The average Bonchev–Trinajstić information content (AvgIpc) is 2.63. The second kappa shape index (κ2) is 8.04. The smallest absolute Gasteiger partial charge is 0.339 e. The van der Waals surface area contributed by atoms with Crippen molar-refractivity contribution in [1.82, 2.24) is 5.32 Å². The topological polar surface area (TPSA) is 106 Å². The molecule has 0 radical (unpaired) electrons. The molecule has 1 aliphatic rings. The maximum atomic E-state index is 12.3. The fourth-order valence-corrected chi connectivity index (χ4v) is 3.65. The van der Waals surface area contributed by atoms with Crippen molar-refractivity contribution < 1.29 is 23.8 Å². The van der Waals surface area contributed by atoms with Gasteiger partial charge in [0.1, 0.15) is 17.4 Å². The number of aryl methyl sites for hydroxylation is 2. The molecule has 2 N–H and O–H groups in total. The largest absolute Gasteiger partial charge is 0.483 e. The Labute approximate surface area is 162 Å². The molecule has 0 saturated carbocycles. The molecule has 7 heteroatoms. The summed E-state index contributed by atoms with van der Waals surface area (Å²) in [4.78, 5) is 35.8. The van der Waals surface area contributed by atoms with Gasteiger partial charge in [-0.2, -0.15) is 0 Å². The number of carbonyl (C=O) groups excluding carboxylic acids is 1. The SMILES string of the molecule is Cc1cc(OCC(=O)NC(C(=O)O)C(C)C)c2c3c(c(=O)oc2c1)CCCC3. The molecule has 2 aromatic rings. The van der Waals surface area contributed by atoms with Gasteiger partial charge in [-0.25, -0.2) is 9.59 Å². The quantitative estimate of drug-likeness (QED) is 0.738. The molecule has 1 aliphatic carbocycles. The summed E-state index contributed by atoms with van der Waals surface area (Å²) in [7, 11) is 0. The van der Waals surface area contributed by atoms with Crippen LogP contribution < -0.4 is 15.7 Å². The van der Waals surface area contributed by atoms with E-state index in [9.17, 15) is 19.5 Å². The molecule has 1 atom stereocenters. The Morgan fingerprint density at radius 1 is 1.21 bits per heavy atom. The van der Waals surface area contributed by atoms with Gasteiger partial charge in [-0.05, 0) is 61.8 Å². The number of rotatable bonds is 6. The van der Waals surface area contributed by atoms with Gasteiger partial charge in [0.15, 0.2) is 6.61 Å². The van der Waals surface area contributed by atoms with E-state index >= 15 is 0 Å². The predicted octanol–water partition coefficient (Wildman–Crippen LogP) is 2.58. The van der Waals surface area contributed by atoms with Crippen molar-refractivity contribution in [3.8, 4) is 5.75 Å². The van der Waals surface area contributed by atoms with Crippen molar-refractivity contribution in [3.63, 3.8) is 0 Å². The van der Waals surface area contributed by atoms with E-state index in [0.29, 0.717) is 23.3 Å². The standard InChI is InChI=1S/C21H25NO6/c1-11(2)19(20(24)25)22-17(23)10-27-15-8-12(3)9-16-18(15)13-6-4-5-7-14(13)21(26)28-16/h8-9,11,19H,4-7,10H2,1-3H3,(H,22,23)(H,24,25). The summed E-state index contributed by atoms with van der Waals surface area (Å²) in [6, 6.07) is 2.62. The number of benzene rings is 1. The van der Waals surface area contributed by atoms with E-state index in [2.05, 4.69) is 5.32 Å². The molecule has 1 heterocycles. The lowest BCUT2D eigenvalue weighted by Gasteiger charge is -2.20. The lowest BCUT2D eigenvalue weighted by atomic mass is 9.90. The van der Waals surface area contributed by atoms with Crippen LogP contribution in [-0.2, 0) is 22.4 Å². The highest BCUT2D eigenvalue weighted by molar-refractivity contribution is 5.89. The number of amides is 1. The monoisotopic (exact) mass is 387 g/mol. The van der Waals surface area contributed by atoms with E-state index in [0.717, 1.165) is 35.8 Å². The fraction of sp³-hybridized carbons (Fsp3) is 0.476. The highest BCUT2D eigenvalue weighted by atomic mass is 16.5. The van der Waals surface area contributed by atoms with E-state index in [4.69, 9.17) is 9.15 Å². The summed E-state index contributed by atoms with van der Waals surface area (Å²) in [5, 5.41) is 12.4. The Morgan fingerprint density at radius 2 is 1.89 bits per heavy atom. The van der Waals surface area contributed by atoms with Gasteiger partial charge in [0.25, 0.3) is 5.91 Å². The van der Waals surface area contributed by atoms with Gasteiger partial charge >= 0.3 is 11.6 Å². The minimum absolute atomic E-state index is 0.248. The molecule has 3 rings (SSSR count). The van der Waals surface area contributed by atoms with Gasteiger partial charge in [-0.3, -0.25) is 4.79 Å². The third kappa shape index (κ3) is 4.03. The normalized spacial score (nSPS) is 14.6. The Morgan fingerprint density at radius 3 is 2.54 bits per heavy atom. The maximum absolute atomic E-state index is 12.3. The number of fused-ring (bicyclic) bond motifs is 3. The molecule has 0 saturated heterocycles. The summed E-state index contributed by atoms with van der Waals surface area (Å²) in [5.41, 5.74) is 2.60. The highest BCUT2D eigenvalue weighted by Gasteiger charge is 2.24. The molecular formula is C21H25NO6. The zero-order chi connectivity index (χ0) is 20.4. The third-order valence-corrected chi connectivity index (χ3v) is 5.04. The Hall–Kier alpha value is -2.83. The lowest BCUT2D eigenvalue weighted by molar-refractivity contribution is -0.143. The molecule has 0 aliphatic heterocycles. The van der Waals surface area contributed by atoms with E-state index in [-0.39, 0.29) is 18.2 Å². The molecule has 150 valence electrons. The molecular weight excluding hydrogens is 362 g/mol. The minimum Gasteiger partial charge on any atom is -0.483 e. The number of carboxylic acids is 1. The number of carboxylic acid groups (broad SMARTS) is 1. The molecule has 0 fully saturated rings. The van der Waals surface area contributed by atoms with Gasteiger partial charge < -0.3 is 19.6 Å². The summed E-state index contributed by atoms with van der Waals surface area (Å²) in [6.45, 7) is 4.98. The number of hydrogen-bond acceptors (Lipinski definition) is 5. The van der Waals surface area contributed by atoms with Crippen LogP contribution in [0.2, 0.25) is 0 Å². The maximum Gasteiger partial charge on any atom is 0.339 e. The van der Waals surface area contributed by atoms with Crippen LogP contribution in [0.4, 0.5) is 0 Å². The minimum atomic E-state index is -1.08. The molecule has 0 bridgehead atoms. The van der Waals surface area contributed by atoms with Crippen LogP contribution >= 0.6 is 0 Å². The van der Waals surface area contributed by atoms with Crippen molar-refractivity contribution in [2.75, 3.05) is 6.61 Å². The summed E-state index contributed by atoms with van der Waals surface area (Å²) in [5.74, 6) is -1.37. The predicted molar refractivity (Wildman–Crippen MR) is 104 cm³/mol. The number of hydrogen-bond donors (Lipinski definition) is 2. The van der Waals surface area contributed by atoms with Crippen LogP contribution in [0.5, 0.6) is 5.75 Å². The second-order valence-corrected chi connectivity index (χ2v) is 7.61. The number of nitrogens with one attached hydrogen (secondary N) is 1. The average molecular weight is 387 g/mol. The fourth-order valence-electron chi connectivity index (χ4n) is 3.65. The van der Waals surface area contributed by atoms with Gasteiger partial charge in [-0.1, -0.05) is 13.8 Å². The first-order chi connectivity index (χ1) is 13.3. The van der Waals surface area contributed by atoms with Crippen LogP contribution in [-0.4, -0.2) is 29.6 Å². The Kier molecular flexibility index (Phi) is 5.72. The van der Waals surface area contributed by atoms with Gasteiger partial charge in [0.2, 0.25) is 0 Å². The third-order valence-electron chi connectivity index (χ3n) is 5.04. The van der Waals surface area contributed by atoms with Gasteiger partial charge in [0, 0.05) is 5.56 Å². The first-order valence-corrected chi connectivity index (χ1v) is 9.52. The number of aliphatic carboxylic acids is 1. The Bertz CT molecular complexity index is 975. The van der Waals surface area contributed by atoms with Crippen molar-refractivity contribution in [2.24, 2.45) is 5.92 Å². The van der Waals surface area contributed by atoms with Crippen molar-refractivity contribution in [1.29, 1.82) is 0 Å². The first-order valence-electron chi connectivity index (χ1n) is 9.52. The molecule has 7 nitrogen and oxygen atoms in total. The molecule has 1 aromatic heterocycles. The summed E-state index contributed by atoms with van der Waals surface area (Å²) >= 11 is 0. The van der Waals surface area contributed by atoms with Gasteiger partial charge in [0.05, 0.1) is 5.39 Å². The molecule has 0 spiro atoms. The molecule has 1 unspecified atom stereocenters. The first kappa shape index (κ1) is 19.9. The Balaban J connectivity index is 1.90. The van der Waals surface area contributed by atoms with Gasteiger partial charge in [-0.15, -0.1) is 0 Å². The van der Waals surface area contributed by atoms with Crippen molar-refractivity contribution in [2.45, 2.75) is 52.5 Å².